The van der Waals surface area contributed by atoms with E-state index in [1.165, 1.54) is 0 Å². The zero-order valence-electron chi connectivity index (χ0n) is 11.2. The van der Waals surface area contributed by atoms with Gasteiger partial charge in [0.1, 0.15) is 17.5 Å². The van der Waals surface area contributed by atoms with Crippen molar-refractivity contribution in [3.63, 3.8) is 0 Å². The van der Waals surface area contributed by atoms with E-state index in [4.69, 9.17) is 0 Å². The minimum Gasteiger partial charge on any atom is -0.207 e. The summed E-state index contributed by atoms with van der Waals surface area (Å²) in [5.41, 5.74) is 0. The van der Waals surface area contributed by atoms with Crippen LogP contribution >= 0.6 is 15.9 Å². The van der Waals surface area contributed by atoms with E-state index < -0.39 is 32.4 Å². The quantitative estimate of drug-likeness (QED) is 0.745. The summed E-state index contributed by atoms with van der Waals surface area (Å²) in [5, 5.41) is 0.741. The van der Waals surface area contributed by atoms with E-state index in [1.807, 2.05) is 0 Å². The smallest absolute Gasteiger partial charge is 0.207 e. The van der Waals surface area contributed by atoms with E-state index >= 15 is 0 Å². The molecule has 1 aromatic carbocycles. The molecule has 1 aromatic rings. The molecule has 0 amide bonds. The van der Waals surface area contributed by atoms with Crippen LogP contribution in [0.3, 0.4) is 0 Å². The van der Waals surface area contributed by atoms with Gasteiger partial charge in [-0.15, -0.1) is 0 Å². The largest absolute Gasteiger partial charge is 0.248 e. The summed E-state index contributed by atoms with van der Waals surface area (Å²) in [4.78, 5) is -1.07. The lowest BCUT2D eigenvalue weighted by Gasteiger charge is -2.31. The maximum absolute atomic E-state index is 13.7. The van der Waals surface area contributed by atoms with Crippen molar-refractivity contribution in [1.82, 2.24) is 4.31 Å². The van der Waals surface area contributed by atoms with Crippen molar-refractivity contribution >= 4 is 26.0 Å². The molecule has 1 aliphatic rings. The summed E-state index contributed by atoms with van der Waals surface area (Å²) in [6.07, 6.45) is 2.31. The number of sulfonamides is 1. The lowest BCUT2D eigenvalue weighted by Crippen LogP contribution is -2.40. The second-order valence-corrected chi connectivity index (χ2v) is 7.72. The summed E-state index contributed by atoms with van der Waals surface area (Å²) in [5.74, 6) is -3.77. The molecule has 8 heteroatoms. The number of piperidine rings is 1. The van der Waals surface area contributed by atoms with Gasteiger partial charge in [-0.05, 0) is 25.2 Å². The molecular formula is C13H15BrF3NO2S. The second-order valence-electron chi connectivity index (χ2n) is 5.05. The molecular weight excluding hydrogens is 371 g/mol. The fourth-order valence-corrected chi connectivity index (χ4v) is 4.83. The highest BCUT2D eigenvalue weighted by molar-refractivity contribution is 9.09. The SMILES string of the molecule is O=S(=O)(c1c(F)cc(F)cc1F)N1CCCC(CCBr)C1. The Morgan fingerprint density at radius 2 is 1.86 bits per heavy atom. The van der Waals surface area contributed by atoms with Crippen LogP contribution in [0.25, 0.3) is 0 Å². The molecule has 1 unspecified atom stereocenters. The molecule has 118 valence electrons. The molecule has 0 spiro atoms. The topological polar surface area (TPSA) is 37.4 Å². The third-order valence-corrected chi connectivity index (χ3v) is 5.94. The molecule has 0 aromatic heterocycles. The highest BCUT2D eigenvalue weighted by Crippen LogP contribution is 2.29. The van der Waals surface area contributed by atoms with Gasteiger partial charge in [-0.2, -0.15) is 4.31 Å². The fourth-order valence-electron chi connectivity index (χ4n) is 2.54. The normalized spacial score (nSPS) is 20.7. The van der Waals surface area contributed by atoms with Gasteiger partial charge in [-0.1, -0.05) is 15.9 Å². The van der Waals surface area contributed by atoms with Crippen molar-refractivity contribution in [1.29, 1.82) is 0 Å². The minimum absolute atomic E-state index is 0.152. The fraction of sp³-hybridized carbons (Fsp3) is 0.538. The maximum atomic E-state index is 13.7. The van der Waals surface area contributed by atoms with Gasteiger partial charge in [0, 0.05) is 30.6 Å². The van der Waals surface area contributed by atoms with Crippen molar-refractivity contribution in [2.24, 2.45) is 5.92 Å². The number of nitrogens with zero attached hydrogens (tertiary/aromatic N) is 1. The molecule has 1 aliphatic heterocycles. The van der Waals surface area contributed by atoms with Crippen LogP contribution in [0.1, 0.15) is 19.3 Å². The monoisotopic (exact) mass is 385 g/mol. The van der Waals surface area contributed by atoms with Crippen LogP contribution in [0, 0.1) is 23.4 Å². The zero-order chi connectivity index (χ0) is 15.6. The first-order chi connectivity index (χ1) is 9.86. The van der Waals surface area contributed by atoms with Crippen molar-refractivity contribution in [2.75, 3.05) is 18.4 Å². The number of halogens is 4. The van der Waals surface area contributed by atoms with E-state index in [2.05, 4.69) is 15.9 Å². The lowest BCUT2D eigenvalue weighted by molar-refractivity contribution is 0.261. The molecule has 1 saturated heterocycles. The summed E-state index contributed by atoms with van der Waals surface area (Å²) in [6.45, 7) is 0.446. The first kappa shape index (κ1) is 16.8. The third-order valence-electron chi connectivity index (χ3n) is 3.56. The molecule has 1 heterocycles. The Labute approximate surface area is 130 Å². The van der Waals surface area contributed by atoms with Crippen LogP contribution < -0.4 is 0 Å². The van der Waals surface area contributed by atoms with Crippen molar-refractivity contribution in [3.8, 4) is 0 Å². The van der Waals surface area contributed by atoms with Gasteiger partial charge >= 0.3 is 0 Å². The molecule has 0 radical (unpaired) electrons. The second kappa shape index (κ2) is 6.66. The number of benzene rings is 1. The maximum Gasteiger partial charge on any atom is 0.248 e. The summed E-state index contributed by atoms with van der Waals surface area (Å²) in [6, 6.07) is 0.770. The molecule has 21 heavy (non-hydrogen) atoms. The molecule has 2 rings (SSSR count). The van der Waals surface area contributed by atoms with E-state index in [0.717, 1.165) is 22.5 Å². The molecule has 3 nitrogen and oxygen atoms in total. The molecule has 1 atom stereocenters. The van der Waals surface area contributed by atoms with Crippen molar-refractivity contribution in [2.45, 2.75) is 24.2 Å². The molecule has 0 N–H and O–H groups in total. The Morgan fingerprint density at radius 3 is 2.43 bits per heavy atom. The third kappa shape index (κ3) is 3.60. The minimum atomic E-state index is -4.29. The molecule has 0 aliphatic carbocycles. The van der Waals surface area contributed by atoms with E-state index in [9.17, 15) is 21.6 Å². The highest BCUT2D eigenvalue weighted by Gasteiger charge is 2.34. The first-order valence-corrected chi connectivity index (χ1v) is 9.13. The standard InChI is InChI=1S/C13H15BrF3NO2S/c14-4-3-9-2-1-5-18(8-9)21(19,20)13-11(16)6-10(15)7-12(13)17/h6-7,9H,1-5,8H2. The van der Waals surface area contributed by atoms with Gasteiger partial charge in [0.2, 0.25) is 10.0 Å². The molecule has 1 fully saturated rings. The van der Waals surface area contributed by atoms with Gasteiger partial charge in [-0.3, -0.25) is 0 Å². The summed E-state index contributed by atoms with van der Waals surface area (Å²) < 4.78 is 66.2. The van der Waals surface area contributed by atoms with Crippen LogP contribution in [0.5, 0.6) is 0 Å². The number of alkyl halides is 1. The van der Waals surface area contributed by atoms with Crippen LogP contribution in [-0.4, -0.2) is 31.1 Å². The Bertz CT molecular complexity index is 599. The molecule has 0 bridgehead atoms. The van der Waals surface area contributed by atoms with Crippen molar-refractivity contribution in [3.05, 3.63) is 29.6 Å². The van der Waals surface area contributed by atoms with Gasteiger partial charge in [0.15, 0.2) is 4.90 Å². The van der Waals surface area contributed by atoms with Crippen molar-refractivity contribution < 1.29 is 21.6 Å². The summed E-state index contributed by atoms with van der Waals surface area (Å²) in [7, 11) is -4.29. The number of hydrogen-bond donors (Lipinski definition) is 0. The van der Waals surface area contributed by atoms with Crippen LogP contribution in [0.4, 0.5) is 13.2 Å². The Morgan fingerprint density at radius 1 is 1.24 bits per heavy atom. The Hall–Kier alpha value is -0.600. The van der Waals surface area contributed by atoms with E-state index in [0.29, 0.717) is 18.6 Å². The molecule has 0 saturated carbocycles. The van der Waals surface area contributed by atoms with E-state index in [-0.39, 0.29) is 19.0 Å². The van der Waals surface area contributed by atoms with Crippen LogP contribution in [-0.2, 0) is 10.0 Å². The van der Waals surface area contributed by atoms with Crippen LogP contribution in [0.15, 0.2) is 17.0 Å². The average molecular weight is 386 g/mol. The van der Waals surface area contributed by atoms with E-state index in [1.54, 1.807) is 0 Å². The van der Waals surface area contributed by atoms with Gasteiger partial charge in [0.25, 0.3) is 0 Å². The number of rotatable bonds is 4. The number of hydrogen-bond acceptors (Lipinski definition) is 2. The summed E-state index contributed by atoms with van der Waals surface area (Å²) >= 11 is 3.30. The Balaban J connectivity index is 2.34. The average Bonchev–Trinajstić information content (AvgIpc) is 2.37. The predicted octanol–water partition coefficient (Wildman–Crippen LogP) is 3.29. The van der Waals surface area contributed by atoms with Gasteiger partial charge in [-0.25, -0.2) is 21.6 Å². The van der Waals surface area contributed by atoms with Gasteiger partial charge in [0.05, 0.1) is 0 Å². The lowest BCUT2D eigenvalue weighted by atomic mass is 9.97. The zero-order valence-corrected chi connectivity index (χ0v) is 13.6. The first-order valence-electron chi connectivity index (χ1n) is 6.57. The highest BCUT2D eigenvalue weighted by atomic mass is 79.9. The van der Waals surface area contributed by atoms with Crippen LogP contribution in [0.2, 0.25) is 0 Å². The van der Waals surface area contributed by atoms with Gasteiger partial charge < -0.3 is 0 Å². The predicted molar refractivity (Wildman–Crippen MR) is 76.2 cm³/mol. The Kier molecular flexibility index (Phi) is 5.32.